The van der Waals surface area contributed by atoms with Crippen molar-refractivity contribution in [2.75, 3.05) is 11.9 Å². The Hall–Kier alpha value is -2.31. The molecule has 1 aliphatic heterocycles. The zero-order valence-electron chi connectivity index (χ0n) is 8.28. The summed E-state index contributed by atoms with van der Waals surface area (Å²) in [5.41, 5.74) is 0.266. The molecule has 1 aromatic rings. The van der Waals surface area contributed by atoms with Crippen LogP contribution in [0.3, 0.4) is 0 Å². The van der Waals surface area contributed by atoms with Gasteiger partial charge in [-0.25, -0.2) is 0 Å². The lowest BCUT2D eigenvalue weighted by Crippen LogP contribution is -2.50. The van der Waals surface area contributed by atoms with Gasteiger partial charge in [-0.15, -0.1) is 0 Å². The molecule has 1 aliphatic rings. The van der Waals surface area contributed by atoms with Gasteiger partial charge >= 0.3 is 11.9 Å². The molecule has 2 heterocycles. The third-order valence-corrected chi connectivity index (χ3v) is 2.40. The smallest absolute Gasteiger partial charge is 0.307 e. The van der Waals surface area contributed by atoms with Gasteiger partial charge in [0.15, 0.2) is 0 Å². The van der Waals surface area contributed by atoms with Crippen molar-refractivity contribution in [3.05, 3.63) is 34.1 Å². The van der Waals surface area contributed by atoms with Crippen molar-refractivity contribution in [2.45, 2.75) is 6.04 Å². The van der Waals surface area contributed by atoms with Gasteiger partial charge in [0.1, 0.15) is 5.69 Å². The molecular weight excluding hydrogens is 214 g/mol. The van der Waals surface area contributed by atoms with E-state index in [1.54, 1.807) is 6.07 Å². The van der Waals surface area contributed by atoms with Crippen molar-refractivity contribution in [1.29, 1.82) is 0 Å². The summed E-state index contributed by atoms with van der Waals surface area (Å²) in [6.45, 7) is 0. The molecule has 1 aromatic heterocycles. The highest BCUT2D eigenvalue weighted by molar-refractivity contribution is 6.22. The molecular formula is C9H7N3O4. The molecule has 1 amide bonds. The molecule has 0 aliphatic carbocycles. The lowest BCUT2D eigenvalue weighted by atomic mass is 10.0. The fourth-order valence-corrected chi connectivity index (χ4v) is 1.59. The quantitative estimate of drug-likeness (QED) is 0.374. The summed E-state index contributed by atoms with van der Waals surface area (Å²) in [5, 5.41) is 10.6. The minimum absolute atomic E-state index is 0.0358. The number of Topliss-reactive ketones (excluding diaryl/α,β-unsaturated/α-hetero) is 1. The molecule has 0 fully saturated rings. The average Bonchev–Trinajstić information content (AvgIpc) is 2.26. The van der Waals surface area contributed by atoms with Gasteiger partial charge in [-0.3, -0.25) is 24.7 Å². The molecule has 82 valence electrons. The lowest BCUT2D eigenvalue weighted by Gasteiger charge is -2.24. The minimum atomic E-state index is -1.87. The number of amides is 1. The summed E-state index contributed by atoms with van der Waals surface area (Å²) >= 11 is 0. The molecule has 1 unspecified atom stereocenters. The van der Waals surface area contributed by atoms with Gasteiger partial charge in [0.05, 0.1) is 5.69 Å². The van der Waals surface area contributed by atoms with Crippen LogP contribution in [0, 0.1) is 10.1 Å². The first-order valence-corrected chi connectivity index (χ1v) is 4.44. The molecule has 7 heteroatoms. The number of nitro groups is 1. The number of anilines is 1. The number of hydrogen-bond donors (Lipinski definition) is 0. The Kier molecular flexibility index (Phi) is 2.15. The van der Waals surface area contributed by atoms with Gasteiger partial charge in [0, 0.05) is 18.2 Å². The third kappa shape index (κ3) is 1.25. The van der Waals surface area contributed by atoms with Crippen molar-refractivity contribution < 1.29 is 14.5 Å². The van der Waals surface area contributed by atoms with E-state index in [1.807, 2.05) is 0 Å². The molecule has 16 heavy (non-hydrogen) atoms. The summed E-state index contributed by atoms with van der Waals surface area (Å²) in [4.78, 5) is 37.8. The molecule has 0 saturated heterocycles. The van der Waals surface area contributed by atoms with Crippen LogP contribution >= 0.6 is 0 Å². The molecule has 0 N–H and O–H groups in total. The molecule has 0 aromatic carbocycles. The number of fused-ring (bicyclic) bond motifs is 1. The summed E-state index contributed by atoms with van der Waals surface area (Å²) in [7, 11) is 1.38. The fourth-order valence-electron chi connectivity index (χ4n) is 1.59. The zero-order valence-corrected chi connectivity index (χ0v) is 8.28. The molecule has 0 spiro atoms. The number of likely N-dealkylation sites (N-methyl/N-ethyl adjacent to an activating group) is 1. The maximum atomic E-state index is 11.7. The highest BCUT2D eigenvalue weighted by atomic mass is 16.6. The van der Waals surface area contributed by atoms with Gasteiger partial charge in [-0.1, -0.05) is 0 Å². The Labute approximate surface area is 89.8 Å². The first kappa shape index (κ1) is 10.2. The van der Waals surface area contributed by atoms with E-state index in [2.05, 4.69) is 4.98 Å². The van der Waals surface area contributed by atoms with Crippen LogP contribution in [-0.4, -0.2) is 34.7 Å². The Balaban J connectivity index is 2.60. The van der Waals surface area contributed by atoms with Crippen molar-refractivity contribution in [3.63, 3.8) is 0 Å². The predicted molar refractivity (Wildman–Crippen MR) is 52.8 cm³/mol. The standard InChI is InChI=1S/C9H7N3O4/c1-11-5-3-2-4-10-6(5)8(13)7(9(11)14)12(15)16/h2-4,7H,1H3. The van der Waals surface area contributed by atoms with E-state index in [0.29, 0.717) is 5.69 Å². The number of carbonyl (C=O) groups is 2. The second-order valence-electron chi connectivity index (χ2n) is 3.32. The highest BCUT2D eigenvalue weighted by Crippen LogP contribution is 2.25. The first-order chi connectivity index (χ1) is 7.54. The number of aromatic nitrogens is 1. The Morgan fingerprint density at radius 1 is 1.50 bits per heavy atom. The largest absolute Gasteiger partial charge is 0.353 e. The Bertz CT molecular complexity index is 499. The van der Waals surface area contributed by atoms with Crippen LogP contribution in [0.15, 0.2) is 18.3 Å². The van der Waals surface area contributed by atoms with E-state index in [0.717, 1.165) is 4.90 Å². The maximum absolute atomic E-state index is 11.7. The van der Waals surface area contributed by atoms with Crippen LogP contribution in [-0.2, 0) is 4.79 Å². The predicted octanol–water partition coefficient (Wildman–Crippen LogP) is -0.114. The molecule has 2 rings (SSSR count). The second kappa shape index (κ2) is 3.37. The van der Waals surface area contributed by atoms with Gasteiger partial charge in [0.2, 0.25) is 0 Å². The van der Waals surface area contributed by atoms with E-state index in [9.17, 15) is 19.7 Å². The van der Waals surface area contributed by atoms with Crippen molar-refractivity contribution in [3.8, 4) is 0 Å². The van der Waals surface area contributed by atoms with Crippen LogP contribution in [0.2, 0.25) is 0 Å². The summed E-state index contributed by atoms with van der Waals surface area (Å²) in [6.07, 6.45) is 1.36. The Morgan fingerprint density at radius 3 is 2.81 bits per heavy atom. The molecule has 0 saturated carbocycles. The number of carbonyl (C=O) groups excluding carboxylic acids is 2. The van der Waals surface area contributed by atoms with Crippen LogP contribution < -0.4 is 4.90 Å². The van der Waals surface area contributed by atoms with Gasteiger partial charge < -0.3 is 4.90 Å². The first-order valence-electron chi connectivity index (χ1n) is 4.44. The molecule has 0 bridgehead atoms. The number of ketones is 1. The monoisotopic (exact) mass is 221 g/mol. The summed E-state index contributed by atoms with van der Waals surface area (Å²) in [6, 6.07) is 1.21. The maximum Gasteiger partial charge on any atom is 0.353 e. The van der Waals surface area contributed by atoms with Crippen molar-refractivity contribution >= 4 is 17.4 Å². The van der Waals surface area contributed by atoms with E-state index in [4.69, 9.17) is 0 Å². The van der Waals surface area contributed by atoms with Crippen LogP contribution in [0.4, 0.5) is 5.69 Å². The SMILES string of the molecule is CN1C(=O)C([N+](=O)[O-])C(=O)c2ncccc21. The molecule has 7 nitrogen and oxygen atoms in total. The normalized spacial score (nSPS) is 19.6. The van der Waals surface area contributed by atoms with Crippen molar-refractivity contribution in [1.82, 2.24) is 4.98 Å². The van der Waals surface area contributed by atoms with Crippen LogP contribution in [0.5, 0.6) is 0 Å². The van der Waals surface area contributed by atoms with E-state index >= 15 is 0 Å². The van der Waals surface area contributed by atoms with Gasteiger partial charge in [0.25, 0.3) is 5.78 Å². The molecule has 1 atom stereocenters. The zero-order chi connectivity index (χ0) is 11.9. The van der Waals surface area contributed by atoms with Gasteiger partial charge in [-0.2, -0.15) is 0 Å². The van der Waals surface area contributed by atoms with Crippen LogP contribution in [0.1, 0.15) is 10.5 Å². The van der Waals surface area contributed by atoms with Gasteiger partial charge in [-0.05, 0) is 12.1 Å². The van der Waals surface area contributed by atoms with E-state index < -0.39 is 22.7 Å². The number of nitrogens with zero attached hydrogens (tertiary/aromatic N) is 3. The lowest BCUT2D eigenvalue weighted by molar-refractivity contribution is -0.491. The topological polar surface area (TPSA) is 93.4 Å². The van der Waals surface area contributed by atoms with Crippen LogP contribution in [0.25, 0.3) is 0 Å². The van der Waals surface area contributed by atoms with Crippen molar-refractivity contribution in [2.24, 2.45) is 0 Å². The minimum Gasteiger partial charge on any atom is -0.307 e. The third-order valence-electron chi connectivity index (χ3n) is 2.40. The summed E-state index contributed by atoms with van der Waals surface area (Å²) < 4.78 is 0. The number of pyridine rings is 1. The molecule has 0 radical (unpaired) electrons. The number of hydrogen-bond acceptors (Lipinski definition) is 5. The van der Waals surface area contributed by atoms with E-state index in [1.165, 1.54) is 19.3 Å². The van der Waals surface area contributed by atoms with E-state index in [-0.39, 0.29) is 5.69 Å². The average molecular weight is 221 g/mol. The number of rotatable bonds is 1. The Morgan fingerprint density at radius 2 is 2.19 bits per heavy atom. The second-order valence-corrected chi connectivity index (χ2v) is 3.32. The highest BCUT2D eigenvalue weighted by Gasteiger charge is 2.47. The fraction of sp³-hybridized carbons (Fsp3) is 0.222. The summed E-state index contributed by atoms with van der Waals surface area (Å²) in [5.74, 6) is -1.70.